The molecule has 1 N–H and O–H groups in total. The molecule has 1 atom stereocenters. The van der Waals surface area contributed by atoms with E-state index in [0.717, 1.165) is 37.2 Å². The molecule has 152 valence electrons. The Balaban J connectivity index is 1.76. The highest BCUT2D eigenvalue weighted by atomic mass is 32.2. The second-order valence-corrected chi connectivity index (χ2v) is 8.50. The maximum Gasteiger partial charge on any atom is 0.288 e. The van der Waals surface area contributed by atoms with E-state index in [2.05, 4.69) is 10.2 Å². The second-order valence-electron chi connectivity index (χ2n) is 6.56. The van der Waals surface area contributed by atoms with Crippen LogP contribution in [0.4, 0.5) is 8.78 Å². The molecule has 1 aliphatic rings. The van der Waals surface area contributed by atoms with Crippen molar-refractivity contribution in [2.45, 2.75) is 36.0 Å². The van der Waals surface area contributed by atoms with E-state index in [1.54, 1.807) is 18.6 Å². The number of rotatable bonds is 8. The topological polar surface area (TPSA) is 41.6 Å². The van der Waals surface area contributed by atoms with Crippen LogP contribution in [0.25, 0.3) is 0 Å². The van der Waals surface area contributed by atoms with Gasteiger partial charge in [-0.3, -0.25) is 9.69 Å². The quantitative estimate of drug-likeness (QED) is 0.601. The smallest absolute Gasteiger partial charge is 0.288 e. The van der Waals surface area contributed by atoms with Gasteiger partial charge in [0, 0.05) is 17.0 Å². The molecule has 0 aliphatic carbocycles. The molecule has 0 saturated carbocycles. The number of thiophene rings is 1. The van der Waals surface area contributed by atoms with E-state index in [-0.39, 0.29) is 11.9 Å². The lowest BCUT2D eigenvalue weighted by molar-refractivity contribution is 0.0924. The van der Waals surface area contributed by atoms with Crippen molar-refractivity contribution in [3.05, 3.63) is 46.2 Å². The highest BCUT2D eigenvalue weighted by molar-refractivity contribution is 7.99. The zero-order valence-electron chi connectivity index (χ0n) is 15.7. The molecule has 4 nitrogen and oxygen atoms in total. The van der Waals surface area contributed by atoms with Crippen LogP contribution in [0, 0.1) is 0 Å². The van der Waals surface area contributed by atoms with Crippen LogP contribution in [0.2, 0.25) is 0 Å². The van der Waals surface area contributed by atoms with Crippen molar-refractivity contribution < 1.29 is 18.3 Å². The average molecular weight is 427 g/mol. The summed E-state index contributed by atoms with van der Waals surface area (Å²) in [6.45, 7) is 2.32. The molecule has 8 heteroatoms. The van der Waals surface area contributed by atoms with Gasteiger partial charge < -0.3 is 10.1 Å². The largest absolute Gasteiger partial charge is 0.496 e. The number of methoxy groups -OCH3 is 1. The van der Waals surface area contributed by atoms with Crippen LogP contribution in [0.15, 0.2) is 40.6 Å². The van der Waals surface area contributed by atoms with Gasteiger partial charge in [0.1, 0.15) is 10.6 Å². The number of piperidine rings is 1. The van der Waals surface area contributed by atoms with Crippen LogP contribution in [0.5, 0.6) is 5.75 Å². The minimum absolute atomic E-state index is 0.0217. The molecule has 1 amide bonds. The van der Waals surface area contributed by atoms with Crippen molar-refractivity contribution in [3.63, 3.8) is 0 Å². The van der Waals surface area contributed by atoms with Crippen molar-refractivity contribution in [2.75, 3.05) is 26.7 Å². The summed E-state index contributed by atoms with van der Waals surface area (Å²) in [6.07, 6.45) is 3.46. The molecular formula is C20H24F2N2O2S2. The van der Waals surface area contributed by atoms with Gasteiger partial charge in [0.25, 0.3) is 11.7 Å². The van der Waals surface area contributed by atoms with Gasteiger partial charge in [-0.15, -0.1) is 11.3 Å². The highest BCUT2D eigenvalue weighted by Crippen LogP contribution is 2.33. The van der Waals surface area contributed by atoms with Crippen LogP contribution in [0.3, 0.4) is 0 Å². The van der Waals surface area contributed by atoms with E-state index >= 15 is 0 Å². The first kappa shape index (κ1) is 21.1. The number of amides is 1. The van der Waals surface area contributed by atoms with E-state index < -0.39 is 5.76 Å². The Hall–Kier alpha value is -1.64. The Kier molecular flexibility index (Phi) is 7.70. The summed E-state index contributed by atoms with van der Waals surface area (Å²) in [5, 5.41) is 4.63. The summed E-state index contributed by atoms with van der Waals surface area (Å²) >= 11 is 1.60. The summed E-state index contributed by atoms with van der Waals surface area (Å²) in [7, 11) is 1.64. The Labute approximate surface area is 172 Å². The molecule has 1 unspecified atom stereocenters. The summed E-state index contributed by atoms with van der Waals surface area (Å²) in [5.74, 6) is -2.07. The minimum atomic E-state index is -2.55. The Morgan fingerprint density at radius 1 is 1.25 bits per heavy atom. The first-order chi connectivity index (χ1) is 13.6. The number of likely N-dealkylation sites (tertiary alicyclic amines) is 1. The molecule has 1 aromatic heterocycles. The number of hydrogen-bond acceptors (Lipinski definition) is 5. The number of nitrogens with zero attached hydrogens (tertiary/aromatic N) is 1. The third-order valence-electron chi connectivity index (χ3n) is 4.84. The van der Waals surface area contributed by atoms with Gasteiger partial charge in [-0.1, -0.05) is 36.4 Å². The number of thioether (sulfide) groups is 1. The van der Waals surface area contributed by atoms with E-state index in [0.29, 0.717) is 28.1 Å². The van der Waals surface area contributed by atoms with Crippen LogP contribution >= 0.6 is 23.1 Å². The fraction of sp³-hybridized carbons (Fsp3) is 0.450. The number of carbonyl (C=O) groups is 1. The molecule has 0 radical (unpaired) electrons. The van der Waals surface area contributed by atoms with Gasteiger partial charge in [0.2, 0.25) is 0 Å². The molecule has 3 rings (SSSR count). The number of para-hydroxylation sites is 1. The predicted molar refractivity (Wildman–Crippen MR) is 110 cm³/mol. The van der Waals surface area contributed by atoms with Gasteiger partial charge in [-0.05, 0) is 43.4 Å². The van der Waals surface area contributed by atoms with E-state index in [4.69, 9.17) is 4.74 Å². The average Bonchev–Trinajstić information content (AvgIpc) is 3.16. The second kappa shape index (κ2) is 10.2. The minimum Gasteiger partial charge on any atom is -0.496 e. The number of benzene rings is 1. The lowest BCUT2D eigenvalue weighted by atomic mass is 10.0. The molecule has 1 fully saturated rings. The van der Waals surface area contributed by atoms with Crippen LogP contribution in [0.1, 0.15) is 40.5 Å². The predicted octanol–water partition coefficient (Wildman–Crippen LogP) is 5.03. The number of halogens is 2. The lowest BCUT2D eigenvalue weighted by Crippen LogP contribution is -2.40. The van der Waals surface area contributed by atoms with Gasteiger partial charge >= 0.3 is 0 Å². The van der Waals surface area contributed by atoms with E-state index in [1.807, 2.05) is 24.3 Å². The maximum atomic E-state index is 12.7. The van der Waals surface area contributed by atoms with Crippen molar-refractivity contribution in [3.8, 4) is 5.75 Å². The van der Waals surface area contributed by atoms with Crippen molar-refractivity contribution in [1.82, 2.24) is 10.2 Å². The SMILES string of the molecule is COc1ccccc1C(CNC(=O)c1sccc1SC(F)F)N1CCCCC1. The number of carbonyl (C=O) groups excluding carboxylic acids is 1. The summed E-state index contributed by atoms with van der Waals surface area (Å²) < 4.78 is 31.0. The number of nitrogens with one attached hydrogen (secondary N) is 1. The van der Waals surface area contributed by atoms with Crippen molar-refractivity contribution >= 4 is 29.0 Å². The number of hydrogen-bond donors (Lipinski definition) is 1. The fourth-order valence-corrected chi connectivity index (χ4v) is 5.15. The molecule has 0 spiro atoms. The highest BCUT2D eigenvalue weighted by Gasteiger charge is 2.26. The third-order valence-corrected chi connectivity index (χ3v) is 6.65. The first-order valence-electron chi connectivity index (χ1n) is 9.27. The Bertz CT molecular complexity index is 779. The molecule has 0 bridgehead atoms. The third kappa shape index (κ3) is 5.24. The van der Waals surface area contributed by atoms with Crippen LogP contribution in [-0.4, -0.2) is 43.3 Å². The lowest BCUT2D eigenvalue weighted by Gasteiger charge is -2.35. The summed E-state index contributed by atoms with van der Waals surface area (Å²) in [4.78, 5) is 15.7. The molecule has 28 heavy (non-hydrogen) atoms. The number of ether oxygens (including phenoxy) is 1. The molecule has 1 aliphatic heterocycles. The molecular weight excluding hydrogens is 402 g/mol. The number of alkyl halides is 2. The zero-order chi connectivity index (χ0) is 19.9. The van der Waals surface area contributed by atoms with Gasteiger partial charge in [0.15, 0.2) is 0 Å². The van der Waals surface area contributed by atoms with Gasteiger partial charge in [0.05, 0.1) is 13.2 Å². The first-order valence-corrected chi connectivity index (χ1v) is 11.0. The van der Waals surface area contributed by atoms with E-state index in [9.17, 15) is 13.6 Å². The fourth-order valence-electron chi connectivity index (χ4n) is 3.53. The summed E-state index contributed by atoms with van der Waals surface area (Å²) in [6, 6.07) is 9.38. The zero-order valence-corrected chi connectivity index (χ0v) is 17.3. The monoisotopic (exact) mass is 426 g/mol. The molecule has 2 heterocycles. The maximum absolute atomic E-state index is 12.7. The molecule has 1 saturated heterocycles. The van der Waals surface area contributed by atoms with Crippen LogP contribution < -0.4 is 10.1 Å². The van der Waals surface area contributed by atoms with Crippen molar-refractivity contribution in [1.29, 1.82) is 0 Å². The van der Waals surface area contributed by atoms with E-state index in [1.165, 1.54) is 17.8 Å². The Morgan fingerprint density at radius 2 is 2.00 bits per heavy atom. The van der Waals surface area contributed by atoms with Crippen LogP contribution in [-0.2, 0) is 0 Å². The molecule has 1 aromatic carbocycles. The van der Waals surface area contributed by atoms with Crippen molar-refractivity contribution in [2.24, 2.45) is 0 Å². The Morgan fingerprint density at radius 3 is 2.71 bits per heavy atom. The normalized spacial score (nSPS) is 16.1. The standard InChI is InChI=1S/C20H24F2N2O2S2/c1-26-16-8-4-3-7-14(16)15(24-10-5-2-6-11-24)13-23-19(25)18-17(9-12-27-18)28-20(21)22/h3-4,7-9,12,15,20H,2,5-6,10-11,13H2,1H3,(H,23,25). The molecule has 2 aromatic rings. The van der Waals surface area contributed by atoms with Gasteiger partial charge in [-0.25, -0.2) is 0 Å². The summed E-state index contributed by atoms with van der Waals surface area (Å²) in [5.41, 5.74) is 1.03. The van der Waals surface area contributed by atoms with Gasteiger partial charge in [-0.2, -0.15) is 8.78 Å².